The molecule has 0 unspecified atom stereocenters. The fourth-order valence-electron chi connectivity index (χ4n) is 4.38. The minimum atomic E-state index is 0.690. The number of hydrogen-bond acceptors (Lipinski definition) is 6. The number of aromatic nitrogens is 2. The molecule has 2 saturated heterocycles. The molecule has 1 aromatic heterocycles. The first-order valence-corrected chi connectivity index (χ1v) is 11.4. The summed E-state index contributed by atoms with van der Waals surface area (Å²) < 4.78 is 11.6. The highest BCUT2D eigenvalue weighted by atomic mass is 16.5. The van der Waals surface area contributed by atoms with Gasteiger partial charge in [0.2, 0.25) is 0 Å². The molecule has 2 aromatic rings. The van der Waals surface area contributed by atoms with E-state index in [0.717, 1.165) is 54.8 Å². The molecule has 2 aliphatic rings. The van der Waals surface area contributed by atoms with Crippen molar-refractivity contribution in [3.8, 4) is 11.5 Å². The predicted molar refractivity (Wildman–Crippen MR) is 120 cm³/mol. The molecule has 1 aromatic carbocycles. The van der Waals surface area contributed by atoms with Crippen LogP contribution in [0.4, 0.5) is 5.82 Å². The van der Waals surface area contributed by atoms with Gasteiger partial charge in [0.25, 0.3) is 0 Å². The summed E-state index contributed by atoms with van der Waals surface area (Å²) in [6, 6.07) is 8.16. The van der Waals surface area contributed by atoms with E-state index in [4.69, 9.17) is 14.5 Å². The summed E-state index contributed by atoms with van der Waals surface area (Å²) >= 11 is 0. The Hall–Kier alpha value is -2.34. The summed E-state index contributed by atoms with van der Waals surface area (Å²) in [6.45, 7) is 6.46. The van der Waals surface area contributed by atoms with Crippen LogP contribution in [0.3, 0.4) is 0 Å². The van der Waals surface area contributed by atoms with Crippen molar-refractivity contribution in [3.05, 3.63) is 41.9 Å². The van der Waals surface area contributed by atoms with E-state index in [1.165, 1.54) is 45.2 Å². The summed E-state index contributed by atoms with van der Waals surface area (Å²) in [5.74, 6) is 3.49. The Bertz CT molecular complexity index is 802. The van der Waals surface area contributed by atoms with Crippen molar-refractivity contribution < 1.29 is 9.47 Å². The molecule has 0 saturated carbocycles. The van der Waals surface area contributed by atoms with Crippen LogP contribution in [0.25, 0.3) is 0 Å². The van der Waals surface area contributed by atoms with Gasteiger partial charge in [0.15, 0.2) is 11.5 Å². The van der Waals surface area contributed by atoms with Crippen molar-refractivity contribution in [2.24, 2.45) is 0 Å². The smallest absolute Gasteiger partial charge is 0.161 e. The van der Waals surface area contributed by atoms with E-state index in [0.29, 0.717) is 13.0 Å². The van der Waals surface area contributed by atoms with Gasteiger partial charge in [-0.3, -0.25) is 0 Å². The third-order valence-corrected chi connectivity index (χ3v) is 6.04. The van der Waals surface area contributed by atoms with Gasteiger partial charge in [0.05, 0.1) is 13.7 Å². The van der Waals surface area contributed by atoms with E-state index in [9.17, 15) is 0 Å². The van der Waals surface area contributed by atoms with Crippen LogP contribution in [-0.2, 0) is 6.42 Å². The van der Waals surface area contributed by atoms with Gasteiger partial charge in [-0.1, -0.05) is 6.07 Å². The van der Waals surface area contributed by atoms with Crippen LogP contribution in [0.5, 0.6) is 11.5 Å². The molecule has 0 atom stereocenters. The molecule has 2 fully saturated rings. The molecule has 30 heavy (non-hydrogen) atoms. The number of hydrogen-bond donors (Lipinski definition) is 0. The van der Waals surface area contributed by atoms with Crippen LogP contribution >= 0.6 is 0 Å². The topological polar surface area (TPSA) is 50.7 Å². The average Bonchev–Trinajstić information content (AvgIpc) is 3.31. The maximum Gasteiger partial charge on any atom is 0.161 e. The van der Waals surface area contributed by atoms with Gasteiger partial charge in [-0.2, -0.15) is 0 Å². The van der Waals surface area contributed by atoms with E-state index in [1.807, 2.05) is 18.3 Å². The fourth-order valence-corrected chi connectivity index (χ4v) is 4.38. The molecule has 0 N–H and O–H groups in total. The largest absolute Gasteiger partial charge is 0.493 e. The molecular formula is C24H34N4O2. The minimum Gasteiger partial charge on any atom is -0.493 e. The lowest BCUT2D eigenvalue weighted by molar-refractivity contribution is 0.254. The van der Waals surface area contributed by atoms with Crippen molar-refractivity contribution in [1.29, 1.82) is 0 Å². The first-order valence-electron chi connectivity index (χ1n) is 11.4. The van der Waals surface area contributed by atoms with E-state index in [1.54, 1.807) is 7.11 Å². The maximum atomic E-state index is 6.08. The van der Waals surface area contributed by atoms with Crippen molar-refractivity contribution >= 4 is 5.82 Å². The Kier molecular flexibility index (Phi) is 7.40. The fraction of sp³-hybridized carbons (Fsp3) is 0.583. The van der Waals surface area contributed by atoms with E-state index >= 15 is 0 Å². The van der Waals surface area contributed by atoms with Gasteiger partial charge in [-0.15, -0.1) is 0 Å². The summed E-state index contributed by atoms with van der Waals surface area (Å²) in [7, 11) is 1.69. The number of anilines is 1. The summed E-state index contributed by atoms with van der Waals surface area (Å²) in [5.41, 5.74) is 1.14. The Balaban J connectivity index is 1.37. The number of benzene rings is 1. The summed E-state index contributed by atoms with van der Waals surface area (Å²) in [6.07, 6.45) is 10.1. The van der Waals surface area contributed by atoms with Crippen LogP contribution in [0.15, 0.2) is 30.5 Å². The van der Waals surface area contributed by atoms with Gasteiger partial charge in [0, 0.05) is 32.3 Å². The lowest BCUT2D eigenvalue weighted by atomic mass is 10.1. The predicted octanol–water partition coefficient (Wildman–Crippen LogP) is 3.93. The average molecular weight is 411 g/mol. The summed E-state index contributed by atoms with van der Waals surface area (Å²) in [4.78, 5) is 14.2. The van der Waals surface area contributed by atoms with Crippen molar-refractivity contribution in [2.75, 3.05) is 51.3 Å². The number of likely N-dealkylation sites (tertiary alicyclic amines) is 1. The molecule has 4 rings (SSSR count). The molecule has 162 valence electrons. The third-order valence-electron chi connectivity index (χ3n) is 6.04. The zero-order valence-corrected chi connectivity index (χ0v) is 18.2. The zero-order valence-electron chi connectivity index (χ0n) is 18.2. The van der Waals surface area contributed by atoms with E-state index in [-0.39, 0.29) is 0 Å². The second kappa shape index (κ2) is 10.6. The standard InChI is InChI=1S/C24H34N4O2/c1-29-21-9-8-20(18-22(21)30-17-7-14-27-12-5-6-13-27)19-23-25-11-10-24(26-23)28-15-3-2-4-16-28/h8-11,18H,2-7,12-17,19H2,1H3. The summed E-state index contributed by atoms with van der Waals surface area (Å²) in [5, 5.41) is 0. The van der Waals surface area contributed by atoms with Crippen LogP contribution in [-0.4, -0.2) is 61.3 Å². The Morgan fingerprint density at radius 1 is 0.933 bits per heavy atom. The number of ether oxygens (including phenoxy) is 2. The van der Waals surface area contributed by atoms with Crippen LogP contribution in [0, 0.1) is 0 Å². The lowest BCUT2D eigenvalue weighted by Crippen LogP contribution is -2.30. The Morgan fingerprint density at radius 2 is 1.73 bits per heavy atom. The van der Waals surface area contributed by atoms with Gasteiger partial charge in [-0.05, 0) is 75.4 Å². The van der Waals surface area contributed by atoms with Crippen LogP contribution in [0.1, 0.15) is 49.9 Å². The highest BCUT2D eigenvalue weighted by molar-refractivity contribution is 5.44. The van der Waals surface area contributed by atoms with Gasteiger partial charge >= 0.3 is 0 Å². The Morgan fingerprint density at radius 3 is 2.53 bits per heavy atom. The number of nitrogens with zero attached hydrogens (tertiary/aromatic N) is 4. The number of rotatable bonds is 9. The molecule has 0 amide bonds. The van der Waals surface area contributed by atoms with Crippen molar-refractivity contribution in [3.63, 3.8) is 0 Å². The minimum absolute atomic E-state index is 0.690. The second-order valence-electron chi connectivity index (χ2n) is 8.29. The SMILES string of the molecule is COc1ccc(Cc2nccc(N3CCCCC3)n2)cc1OCCCN1CCCC1. The molecule has 3 heterocycles. The molecule has 0 radical (unpaired) electrons. The molecular weight excluding hydrogens is 376 g/mol. The first-order chi connectivity index (χ1) is 14.8. The third kappa shape index (κ3) is 5.63. The first kappa shape index (κ1) is 20.9. The number of methoxy groups -OCH3 is 1. The molecule has 0 spiro atoms. The second-order valence-corrected chi connectivity index (χ2v) is 8.29. The van der Waals surface area contributed by atoms with E-state index < -0.39 is 0 Å². The normalized spacial score (nSPS) is 17.3. The monoisotopic (exact) mass is 410 g/mol. The molecule has 6 heteroatoms. The lowest BCUT2D eigenvalue weighted by Gasteiger charge is -2.27. The zero-order chi connectivity index (χ0) is 20.6. The molecule has 6 nitrogen and oxygen atoms in total. The molecule has 2 aliphatic heterocycles. The molecule has 0 bridgehead atoms. The van der Waals surface area contributed by atoms with Gasteiger partial charge in [-0.25, -0.2) is 9.97 Å². The highest BCUT2D eigenvalue weighted by Crippen LogP contribution is 2.29. The van der Waals surface area contributed by atoms with Crippen molar-refractivity contribution in [2.45, 2.75) is 44.9 Å². The molecule has 0 aliphatic carbocycles. The van der Waals surface area contributed by atoms with Crippen molar-refractivity contribution in [1.82, 2.24) is 14.9 Å². The number of piperidine rings is 1. The van der Waals surface area contributed by atoms with Crippen LogP contribution in [0.2, 0.25) is 0 Å². The highest BCUT2D eigenvalue weighted by Gasteiger charge is 2.14. The van der Waals surface area contributed by atoms with Gasteiger partial charge in [0.1, 0.15) is 11.6 Å². The quantitative estimate of drug-likeness (QED) is 0.584. The van der Waals surface area contributed by atoms with Gasteiger partial charge < -0.3 is 19.3 Å². The van der Waals surface area contributed by atoms with Crippen LogP contribution < -0.4 is 14.4 Å². The van der Waals surface area contributed by atoms with E-state index in [2.05, 4.69) is 26.9 Å². The maximum absolute atomic E-state index is 6.08. The Labute approximate surface area is 180 Å².